The fraction of sp³-hybridized carbons (Fsp3) is 0.0526. The molecular formula is C19H13FN4O2. The number of hydrogen-bond acceptors (Lipinski definition) is 5. The van der Waals surface area contributed by atoms with E-state index in [0.29, 0.717) is 28.4 Å². The summed E-state index contributed by atoms with van der Waals surface area (Å²) in [7, 11) is 0. The van der Waals surface area contributed by atoms with Gasteiger partial charge in [0.05, 0.1) is 11.2 Å². The first-order valence-electron chi connectivity index (χ1n) is 7.86. The molecule has 0 amide bonds. The van der Waals surface area contributed by atoms with Crippen molar-refractivity contribution in [3.63, 3.8) is 0 Å². The number of benzene rings is 2. The van der Waals surface area contributed by atoms with Gasteiger partial charge in [0, 0.05) is 18.0 Å². The number of carbonyl (C=O) groups excluding carboxylic acids is 1. The Hall–Kier alpha value is -3.61. The number of carbonyl (C=O) groups is 1. The number of aromatic amines is 1. The van der Waals surface area contributed by atoms with Gasteiger partial charge in [-0.2, -0.15) is 0 Å². The fourth-order valence-corrected chi connectivity index (χ4v) is 2.52. The minimum absolute atomic E-state index is 0.0866. The van der Waals surface area contributed by atoms with E-state index in [-0.39, 0.29) is 17.1 Å². The quantitative estimate of drug-likeness (QED) is 0.567. The first kappa shape index (κ1) is 15.9. The van der Waals surface area contributed by atoms with Crippen LogP contribution in [0.4, 0.5) is 4.39 Å². The smallest absolute Gasteiger partial charge is 0.240 e. The molecule has 0 radical (unpaired) electrons. The topological polar surface area (TPSA) is 80.8 Å². The predicted molar refractivity (Wildman–Crippen MR) is 92.8 cm³/mol. The number of halogens is 1. The molecule has 0 fully saturated rings. The Morgan fingerprint density at radius 1 is 1.08 bits per heavy atom. The van der Waals surface area contributed by atoms with Crippen molar-refractivity contribution in [1.82, 2.24) is 19.9 Å². The third-order valence-corrected chi connectivity index (χ3v) is 3.85. The van der Waals surface area contributed by atoms with Crippen molar-refractivity contribution >= 4 is 16.8 Å². The molecule has 128 valence electrons. The summed E-state index contributed by atoms with van der Waals surface area (Å²) in [5.74, 6) is 0.215. The molecule has 6 nitrogen and oxygen atoms in total. The van der Waals surface area contributed by atoms with Crippen LogP contribution < -0.4 is 4.74 Å². The van der Waals surface area contributed by atoms with Gasteiger partial charge >= 0.3 is 0 Å². The van der Waals surface area contributed by atoms with E-state index >= 15 is 0 Å². The highest BCUT2D eigenvalue weighted by atomic mass is 19.1. The van der Waals surface area contributed by atoms with Crippen molar-refractivity contribution < 1.29 is 13.9 Å². The molecule has 0 aliphatic heterocycles. The van der Waals surface area contributed by atoms with Gasteiger partial charge in [-0.15, -0.1) is 0 Å². The summed E-state index contributed by atoms with van der Waals surface area (Å²) in [6.45, 7) is 1.79. The van der Waals surface area contributed by atoms with Crippen LogP contribution in [0.5, 0.6) is 11.6 Å². The van der Waals surface area contributed by atoms with Crippen LogP contribution in [0.2, 0.25) is 0 Å². The molecule has 2 aromatic heterocycles. The van der Waals surface area contributed by atoms with Crippen molar-refractivity contribution in [3.8, 4) is 11.6 Å². The highest BCUT2D eigenvalue weighted by molar-refractivity contribution is 6.08. The van der Waals surface area contributed by atoms with Crippen LogP contribution in [-0.4, -0.2) is 25.7 Å². The number of nitrogens with one attached hydrogen (secondary N) is 1. The number of ketones is 1. The van der Waals surface area contributed by atoms with Crippen molar-refractivity contribution in [2.24, 2.45) is 0 Å². The van der Waals surface area contributed by atoms with E-state index in [1.54, 1.807) is 55.7 Å². The van der Waals surface area contributed by atoms with Crippen molar-refractivity contribution in [2.45, 2.75) is 6.92 Å². The molecule has 0 spiro atoms. The SMILES string of the molecule is Cc1nccnc1Oc1ccc(C(=O)c2nc3c(F)cccc3[nH]2)cc1. The van der Waals surface area contributed by atoms with Crippen LogP contribution >= 0.6 is 0 Å². The van der Waals surface area contributed by atoms with Gasteiger partial charge < -0.3 is 9.72 Å². The number of H-pyrrole nitrogens is 1. The first-order valence-corrected chi connectivity index (χ1v) is 7.86. The van der Waals surface area contributed by atoms with Crippen molar-refractivity contribution in [3.05, 3.63) is 77.8 Å². The molecule has 0 bridgehead atoms. The third-order valence-electron chi connectivity index (χ3n) is 3.85. The standard InChI is InChI=1S/C19H13FN4O2/c1-11-19(22-10-9-21-11)26-13-7-5-12(6-8-13)17(25)18-23-15-4-2-3-14(20)16(15)24-18/h2-10H,1H3,(H,23,24). The second-order valence-corrected chi connectivity index (χ2v) is 5.62. The summed E-state index contributed by atoms with van der Waals surface area (Å²) < 4.78 is 19.4. The lowest BCUT2D eigenvalue weighted by atomic mass is 10.1. The van der Waals surface area contributed by atoms with Crippen LogP contribution in [0.3, 0.4) is 0 Å². The Morgan fingerprint density at radius 2 is 1.85 bits per heavy atom. The molecule has 0 atom stereocenters. The van der Waals surface area contributed by atoms with Crippen LogP contribution in [0.25, 0.3) is 11.0 Å². The molecule has 0 saturated heterocycles. The van der Waals surface area contributed by atoms with E-state index in [4.69, 9.17) is 4.74 Å². The molecule has 0 aliphatic carbocycles. The van der Waals surface area contributed by atoms with E-state index in [1.165, 1.54) is 6.07 Å². The van der Waals surface area contributed by atoms with Gasteiger partial charge in [0.25, 0.3) is 0 Å². The lowest BCUT2D eigenvalue weighted by Crippen LogP contribution is -2.03. The number of fused-ring (bicyclic) bond motifs is 1. The summed E-state index contributed by atoms with van der Waals surface area (Å²) >= 11 is 0. The van der Waals surface area contributed by atoms with E-state index < -0.39 is 5.82 Å². The second-order valence-electron chi connectivity index (χ2n) is 5.62. The summed E-state index contributed by atoms with van der Waals surface area (Å²) in [5.41, 5.74) is 1.70. The van der Waals surface area contributed by atoms with Gasteiger partial charge in [-0.1, -0.05) is 6.07 Å². The molecule has 4 rings (SSSR count). The monoisotopic (exact) mass is 348 g/mol. The molecule has 26 heavy (non-hydrogen) atoms. The summed E-state index contributed by atoms with van der Waals surface area (Å²) in [6, 6.07) is 11.1. The van der Waals surface area contributed by atoms with Crippen molar-refractivity contribution in [2.75, 3.05) is 0 Å². The lowest BCUT2D eigenvalue weighted by molar-refractivity contribution is 0.103. The van der Waals surface area contributed by atoms with Crippen LogP contribution in [0, 0.1) is 12.7 Å². The van der Waals surface area contributed by atoms with Gasteiger partial charge in [0.1, 0.15) is 11.3 Å². The molecule has 0 saturated carbocycles. The van der Waals surface area contributed by atoms with E-state index in [2.05, 4.69) is 19.9 Å². The molecule has 2 aromatic carbocycles. The number of para-hydroxylation sites is 1. The molecule has 0 aliphatic rings. The highest BCUT2D eigenvalue weighted by Gasteiger charge is 2.16. The summed E-state index contributed by atoms with van der Waals surface area (Å²) in [6.07, 6.45) is 3.13. The number of aryl methyl sites for hydroxylation is 1. The zero-order valence-electron chi connectivity index (χ0n) is 13.7. The van der Waals surface area contributed by atoms with Crippen LogP contribution in [-0.2, 0) is 0 Å². The van der Waals surface area contributed by atoms with Gasteiger partial charge in [-0.05, 0) is 43.3 Å². The maximum atomic E-state index is 13.7. The Morgan fingerprint density at radius 3 is 2.58 bits per heavy atom. The Bertz CT molecular complexity index is 1110. The van der Waals surface area contributed by atoms with Gasteiger partial charge in [-0.25, -0.2) is 14.4 Å². The predicted octanol–water partition coefficient (Wildman–Crippen LogP) is 3.82. The van der Waals surface area contributed by atoms with Gasteiger partial charge in [0.15, 0.2) is 11.6 Å². The minimum Gasteiger partial charge on any atom is -0.437 e. The maximum Gasteiger partial charge on any atom is 0.240 e. The van der Waals surface area contributed by atoms with E-state index in [1.807, 2.05) is 0 Å². The molecule has 2 heterocycles. The zero-order valence-corrected chi connectivity index (χ0v) is 13.7. The molecule has 7 heteroatoms. The molecule has 1 N–H and O–H groups in total. The Balaban J connectivity index is 1.58. The minimum atomic E-state index is -0.471. The number of nitrogens with zero attached hydrogens (tertiary/aromatic N) is 3. The van der Waals surface area contributed by atoms with Crippen LogP contribution in [0.15, 0.2) is 54.9 Å². The number of hydrogen-bond donors (Lipinski definition) is 1. The largest absolute Gasteiger partial charge is 0.437 e. The highest BCUT2D eigenvalue weighted by Crippen LogP contribution is 2.22. The van der Waals surface area contributed by atoms with E-state index in [0.717, 1.165) is 0 Å². The zero-order chi connectivity index (χ0) is 18.1. The molecule has 4 aromatic rings. The second kappa shape index (κ2) is 6.36. The number of ether oxygens (including phenoxy) is 1. The van der Waals surface area contributed by atoms with E-state index in [9.17, 15) is 9.18 Å². The normalized spacial score (nSPS) is 10.8. The first-order chi connectivity index (χ1) is 12.6. The van der Waals surface area contributed by atoms with Crippen LogP contribution in [0.1, 0.15) is 21.9 Å². The maximum absolute atomic E-state index is 13.7. The summed E-state index contributed by atoms with van der Waals surface area (Å²) in [4.78, 5) is 27.7. The Labute approximate surface area is 147 Å². The number of aromatic nitrogens is 4. The number of rotatable bonds is 4. The molecular weight excluding hydrogens is 335 g/mol. The third kappa shape index (κ3) is 2.90. The average Bonchev–Trinajstić information content (AvgIpc) is 3.09. The average molecular weight is 348 g/mol. The van der Waals surface area contributed by atoms with Gasteiger partial charge in [-0.3, -0.25) is 9.78 Å². The lowest BCUT2D eigenvalue weighted by Gasteiger charge is -2.06. The summed E-state index contributed by atoms with van der Waals surface area (Å²) in [5, 5.41) is 0. The number of imidazole rings is 1. The molecule has 0 unspecified atom stereocenters. The Kier molecular flexibility index (Phi) is 3.89. The van der Waals surface area contributed by atoms with Crippen molar-refractivity contribution in [1.29, 1.82) is 0 Å². The fourth-order valence-electron chi connectivity index (χ4n) is 2.52. The van der Waals surface area contributed by atoms with Gasteiger partial charge in [0.2, 0.25) is 11.7 Å².